The number of nitrogens with zero attached hydrogens (tertiary/aromatic N) is 6. The van der Waals surface area contributed by atoms with Crippen molar-refractivity contribution >= 4 is 17.3 Å². The second-order valence-corrected chi connectivity index (χ2v) is 9.54. The first-order chi connectivity index (χ1) is 17.1. The van der Waals surface area contributed by atoms with E-state index < -0.39 is 0 Å². The lowest BCUT2D eigenvalue weighted by Crippen LogP contribution is -2.48. The van der Waals surface area contributed by atoms with Gasteiger partial charge in [0, 0.05) is 39.3 Å². The third kappa shape index (κ3) is 4.98. The average Bonchev–Trinajstić information content (AvgIpc) is 2.90. The number of benzene rings is 2. The van der Waals surface area contributed by atoms with Gasteiger partial charge >= 0.3 is 5.69 Å². The van der Waals surface area contributed by atoms with Crippen molar-refractivity contribution in [3.63, 3.8) is 0 Å². The lowest BCUT2D eigenvalue weighted by atomic mass is 9.96. The van der Waals surface area contributed by atoms with Crippen molar-refractivity contribution in [2.24, 2.45) is 5.92 Å². The summed E-state index contributed by atoms with van der Waals surface area (Å²) in [6.45, 7) is 6.73. The Labute approximate surface area is 206 Å². The number of hydrogen-bond donors (Lipinski definition) is 0. The van der Waals surface area contributed by atoms with Crippen molar-refractivity contribution in [3.05, 3.63) is 88.2 Å². The van der Waals surface area contributed by atoms with Gasteiger partial charge in [0.05, 0.1) is 11.0 Å². The number of nitro groups is 1. The first-order valence-electron chi connectivity index (χ1n) is 12.4. The van der Waals surface area contributed by atoms with Gasteiger partial charge in [-0.2, -0.15) is 0 Å². The number of rotatable bonds is 6. The lowest BCUT2D eigenvalue weighted by Gasteiger charge is -2.40. The molecule has 2 fully saturated rings. The molecule has 5 rings (SSSR count). The fourth-order valence-electron chi connectivity index (χ4n) is 5.28. The highest BCUT2D eigenvalue weighted by Gasteiger charge is 2.34. The SMILES string of the molecule is CC1CCN(c2ncnc(N3CCN(C(c4ccccc4)c4ccccc4)CC3)c2[N+](=O)[O-])CC1. The molecule has 0 atom stereocenters. The van der Waals surface area contributed by atoms with Crippen molar-refractivity contribution in [2.75, 3.05) is 49.1 Å². The highest BCUT2D eigenvalue weighted by molar-refractivity contribution is 5.71. The fourth-order valence-corrected chi connectivity index (χ4v) is 5.28. The van der Waals surface area contributed by atoms with Crippen LogP contribution >= 0.6 is 0 Å². The molecule has 35 heavy (non-hydrogen) atoms. The van der Waals surface area contributed by atoms with E-state index in [0.29, 0.717) is 30.6 Å². The summed E-state index contributed by atoms with van der Waals surface area (Å²) in [6, 6.07) is 21.2. The molecule has 8 heteroatoms. The Bertz CT molecular complexity index is 1090. The molecular weight excluding hydrogens is 440 g/mol. The normalized spacial score (nSPS) is 17.7. The number of aromatic nitrogens is 2. The first kappa shape index (κ1) is 23.2. The molecule has 3 aromatic rings. The predicted octanol–water partition coefficient (Wildman–Crippen LogP) is 4.53. The minimum absolute atomic E-state index is 0.0400. The summed E-state index contributed by atoms with van der Waals surface area (Å²) >= 11 is 0. The zero-order valence-corrected chi connectivity index (χ0v) is 20.2. The van der Waals surface area contributed by atoms with E-state index in [1.807, 2.05) is 12.1 Å². The highest BCUT2D eigenvalue weighted by Crippen LogP contribution is 2.37. The van der Waals surface area contributed by atoms with E-state index in [1.54, 1.807) is 0 Å². The van der Waals surface area contributed by atoms with Crippen LogP contribution in [0.4, 0.5) is 17.3 Å². The summed E-state index contributed by atoms with van der Waals surface area (Å²) in [5.41, 5.74) is 2.54. The third-order valence-electron chi connectivity index (χ3n) is 7.26. The second kappa shape index (κ2) is 10.4. The molecule has 0 saturated carbocycles. The number of piperazine rings is 1. The Morgan fingerprint density at radius 3 is 1.77 bits per heavy atom. The summed E-state index contributed by atoms with van der Waals surface area (Å²) in [4.78, 5) is 27.2. The molecule has 0 radical (unpaired) electrons. The molecule has 8 nitrogen and oxygen atoms in total. The van der Waals surface area contributed by atoms with Gasteiger partial charge in [0.15, 0.2) is 0 Å². The van der Waals surface area contributed by atoms with Crippen LogP contribution in [0.5, 0.6) is 0 Å². The van der Waals surface area contributed by atoms with Crippen LogP contribution in [0.25, 0.3) is 0 Å². The van der Waals surface area contributed by atoms with Crippen molar-refractivity contribution in [1.29, 1.82) is 0 Å². The van der Waals surface area contributed by atoms with Gasteiger partial charge in [0.25, 0.3) is 0 Å². The average molecular weight is 473 g/mol. The molecule has 0 aliphatic carbocycles. The fraction of sp³-hybridized carbons (Fsp3) is 0.407. The molecular formula is C27H32N6O2. The van der Waals surface area contributed by atoms with Gasteiger partial charge < -0.3 is 9.80 Å². The molecule has 0 N–H and O–H groups in total. The quantitative estimate of drug-likeness (QED) is 0.385. The highest BCUT2D eigenvalue weighted by atomic mass is 16.6. The summed E-state index contributed by atoms with van der Waals surface area (Å²) in [5.74, 6) is 1.54. The van der Waals surface area contributed by atoms with Crippen molar-refractivity contribution in [1.82, 2.24) is 14.9 Å². The molecule has 0 spiro atoms. The van der Waals surface area contributed by atoms with E-state index in [9.17, 15) is 10.1 Å². The van der Waals surface area contributed by atoms with Gasteiger partial charge in [-0.25, -0.2) is 9.97 Å². The van der Waals surface area contributed by atoms with Crippen LogP contribution in [0.2, 0.25) is 0 Å². The van der Waals surface area contributed by atoms with Crippen molar-refractivity contribution in [2.45, 2.75) is 25.8 Å². The zero-order valence-electron chi connectivity index (χ0n) is 20.2. The van der Waals surface area contributed by atoms with Crippen molar-refractivity contribution < 1.29 is 4.92 Å². The molecule has 2 aliphatic rings. The number of anilines is 2. The first-order valence-corrected chi connectivity index (χ1v) is 12.4. The van der Waals surface area contributed by atoms with Gasteiger partial charge in [-0.3, -0.25) is 15.0 Å². The van der Waals surface area contributed by atoms with Crippen molar-refractivity contribution in [3.8, 4) is 0 Å². The maximum atomic E-state index is 12.2. The minimum Gasteiger partial charge on any atom is -0.351 e. The van der Waals surface area contributed by atoms with Crippen LogP contribution < -0.4 is 9.80 Å². The molecule has 0 bridgehead atoms. The van der Waals surface area contributed by atoms with E-state index in [1.165, 1.54) is 17.5 Å². The van der Waals surface area contributed by atoms with Crippen LogP contribution in [0, 0.1) is 16.0 Å². The largest absolute Gasteiger partial charge is 0.353 e. The molecule has 182 valence electrons. The summed E-state index contributed by atoms with van der Waals surface area (Å²) in [7, 11) is 0. The predicted molar refractivity (Wildman–Crippen MR) is 138 cm³/mol. The smallest absolute Gasteiger partial charge is 0.351 e. The number of hydrogen-bond acceptors (Lipinski definition) is 7. The summed E-state index contributed by atoms with van der Waals surface area (Å²) < 4.78 is 0. The Kier molecular flexibility index (Phi) is 6.90. The van der Waals surface area contributed by atoms with E-state index in [4.69, 9.17) is 0 Å². The second-order valence-electron chi connectivity index (χ2n) is 9.54. The Morgan fingerprint density at radius 1 is 0.800 bits per heavy atom. The third-order valence-corrected chi connectivity index (χ3v) is 7.26. The van der Waals surface area contributed by atoms with Gasteiger partial charge in [0.1, 0.15) is 6.33 Å². The van der Waals surface area contributed by atoms with Gasteiger partial charge in [0.2, 0.25) is 11.6 Å². The van der Waals surface area contributed by atoms with Crippen LogP contribution in [0.3, 0.4) is 0 Å². The van der Waals surface area contributed by atoms with Crippen LogP contribution in [-0.2, 0) is 0 Å². The lowest BCUT2D eigenvalue weighted by molar-refractivity contribution is -0.383. The monoisotopic (exact) mass is 472 g/mol. The minimum atomic E-state index is -0.300. The van der Waals surface area contributed by atoms with Gasteiger partial charge in [-0.05, 0) is 29.9 Å². The Balaban J connectivity index is 1.38. The molecule has 0 unspecified atom stereocenters. The summed E-state index contributed by atoms with van der Waals surface area (Å²) in [5, 5.41) is 12.2. The molecule has 2 saturated heterocycles. The molecule has 1 aromatic heterocycles. The van der Waals surface area contributed by atoms with E-state index in [2.05, 4.69) is 80.1 Å². The molecule has 2 aliphatic heterocycles. The van der Waals surface area contributed by atoms with Crippen LogP contribution in [0.15, 0.2) is 67.0 Å². The number of piperidine rings is 1. The Morgan fingerprint density at radius 2 is 1.29 bits per heavy atom. The topological polar surface area (TPSA) is 78.6 Å². The van der Waals surface area contributed by atoms with E-state index >= 15 is 0 Å². The standard InChI is InChI=1S/C27H32N6O2/c1-21-12-14-31(15-13-21)26-25(33(34)35)27(29-20-28-26)32-18-16-30(17-19-32)24(22-8-4-2-5-9-22)23-10-6-3-7-11-23/h2-11,20-21,24H,12-19H2,1H3. The van der Waals surface area contributed by atoms with Gasteiger partial charge in [-0.1, -0.05) is 67.6 Å². The summed E-state index contributed by atoms with van der Waals surface area (Å²) in [6.07, 6.45) is 3.53. The zero-order chi connectivity index (χ0) is 24.2. The molecule has 0 amide bonds. The van der Waals surface area contributed by atoms with E-state index in [-0.39, 0.29) is 16.7 Å². The maximum Gasteiger partial charge on any atom is 0.353 e. The van der Waals surface area contributed by atoms with Crippen LogP contribution in [0.1, 0.15) is 36.9 Å². The molecule has 2 aromatic carbocycles. The van der Waals surface area contributed by atoms with Gasteiger partial charge in [-0.15, -0.1) is 0 Å². The van der Waals surface area contributed by atoms with Crippen LogP contribution in [-0.4, -0.2) is 59.1 Å². The molecule has 3 heterocycles. The van der Waals surface area contributed by atoms with E-state index in [0.717, 1.165) is 39.0 Å². The Hall–Kier alpha value is -3.52. The maximum absolute atomic E-state index is 12.2.